The lowest BCUT2D eigenvalue weighted by molar-refractivity contribution is 1.28. The average molecular weight is 398 g/mol. The van der Waals surface area contributed by atoms with Crippen LogP contribution in [-0.4, -0.2) is 0 Å². The molecule has 0 aliphatic carbocycles. The molecule has 5 aromatic carbocycles. The highest BCUT2D eigenvalue weighted by atomic mass is 15.1. The minimum absolute atomic E-state index is 1.14. The second-order valence-electron chi connectivity index (χ2n) is 7.47. The monoisotopic (exact) mass is 397 g/mol. The van der Waals surface area contributed by atoms with Gasteiger partial charge >= 0.3 is 0 Å². The summed E-state index contributed by atoms with van der Waals surface area (Å²) < 4.78 is 0. The van der Waals surface area contributed by atoms with E-state index in [4.69, 9.17) is 0 Å². The van der Waals surface area contributed by atoms with Gasteiger partial charge in [0.05, 0.1) is 5.69 Å². The van der Waals surface area contributed by atoms with E-state index in [1.54, 1.807) is 0 Å². The van der Waals surface area contributed by atoms with E-state index < -0.39 is 0 Å². The van der Waals surface area contributed by atoms with Crippen molar-refractivity contribution in [3.63, 3.8) is 0 Å². The molecule has 0 atom stereocenters. The average Bonchev–Trinajstić information content (AvgIpc) is 2.87. The zero-order valence-electron chi connectivity index (χ0n) is 17.2. The number of hydrogen-bond donors (Lipinski definition) is 0. The lowest BCUT2D eigenvalue weighted by Gasteiger charge is -2.28. The maximum absolute atomic E-state index is 2.33. The van der Waals surface area contributed by atoms with Gasteiger partial charge in [0, 0.05) is 16.9 Å². The van der Waals surface area contributed by atoms with Crippen LogP contribution in [0.5, 0.6) is 0 Å². The molecule has 5 rings (SSSR count). The van der Waals surface area contributed by atoms with Gasteiger partial charge in [0.15, 0.2) is 0 Å². The number of para-hydroxylation sites is 2. The first-order valence-electron chi connectivity index (χ1n) is 10.6. The molecule has 0 saturated carbocycles. The van der Waals surface area contributed by atoms with E-state index in [0.717, 1.165) is 17.1 Å². The SMILES string of the molecule is c1ccc(-c2ccc(N(c3ccccc3)c3ccccc3)c(-c3ccccc3)c2)cc1. The molecule has 31 heavy (non-hydrogen) atoms. The lowest BCUT2D eigenvalue weighted by Crippen LogP contribution is -2.11. The van der Waals surface area contributed by atoms with Crippen molar-refractivity contribution >= 4 is 17.1 Å². The minimum Gasteiger partial charge on any atom is -0.310 e. The molecule has 0 N–H and O–H groups in total. The van der Waals surface area contributed by atoms with Crippen LogP contribution in [0.4, 0.5) is 17.1 Å². The summed E-state index contributed by atoms with van der Waals surface area (Å²) in [7, 11) is 0. The fraction of sp³-hybridized carbons (Fsp3) is 0. The van der Waals surface area contributed by atoms with Crippen LogP contribution in [-0.2, 0) is 0 Å². The van der Waals surface area contributed by atoms with Crippen molar-refractivity contribution < 1.29 is 0 Å². The third-order valence-corrected chi connectivity index (χ3v) is 5.46. The van der Waals surface area contributed by atoms with Gasteiger partial charge in [-0.15, -0.1) is 0 Å². The van der Waals surface area contributed by atoms with E-state index >= 15 is 0 Å². The van der Waals surface area contributed by atoms with Gasteiger partial charge in [-0.05, 0) is 53.1 Å². The summed E-state index contributed by atoms with van der Waals surface area (Å²) in [6, 6.07) is 49.1. The zero-order valence-corrected chi connectivity index (χ0v) is 17.2. The Kier molecular flexibility index (Phi) is 5.32. The predicted octanol–water partition coefficient (Wildman–Crippen LogP) is 8.49. The second-order valence-corrected chi connectivity index (χ2v) is 7.47. The van der Waals surface area contributed by atoms with Crippen LogP contribution >= 0.6 is 0 Å². The van der Waals surface area contributed by atoms with Crippen LogP contribution in [0.15, 0.2) is 140 Å². The summed E-state index contributed by atoms with van der Waals surface area (Å²) in [5, 5.41) is 0. The summed E-state index contributed by atoms with van der Waals surface area (Å²) >= 11 is 0. The Morgan fingerprint density at radius 1 is 0.355 bits per heavy atom. The Bertz CT molecular complexity index is 1210. The van der Waals surface area contributed by atoms with Crippen molar-refractivity contribution in [1.29, 1.82) is 0 Å². The molecule has 0 aliphatic rings. The normalized spacial score (nSPS) is 10.6. The van der Waals surface area contributed by atoms with Crippen molar-refractivity contribution in [3.05, 3.63) is 140 Å². The summed E-state index contributed by atoms with van der Waals surface area (Å²) in [6.45, 7) is 0. The molecule has 0 saturated heterocycles. The van der Waals surface area contributed by atoms with Gasteiger partial charge in [0.2, 0.25) is 0 Å². The van der Waals surface area contributed by atoms with E-state index in [0.29, 0.717) is 0 Å². The van der Waals surface area contributed by atoms with Crippen molar-refractivity contribution in [3.8, 4) is 22.3 Å². The first-order chi connectivity index (χ1) is 15.4. The molecular formula is C30H23N. The molecule has 0 bridgehead atoms. The molecule has 5 aromatic rings. The largest absolute Gasteiger partial charge is 0.310 e. The van der Waals surface area contributed by atoms with Crippen molar-refractivity contribution in [2.24, 2.45) is 0 Å². The van der Waals surface area contributed by atoms with Crippen LogP contribution in [0.1, 0.15) is 0 Å². The van der Waals surface area contributed by atoms with Gasteiger partial charge in [-0.25, -0.2) is 0 Å². The van der Waals surface area contributed by atoms with Gasteiger partial charge in [-0.2, -0.15) is 0 Å². The van der Waals surface area contributed by atoms with E-state index in [-0.39, 0.29) is 0 Å². The molecule has 1 nitrogen and oxygen atoms in total. The number of hydrogen-bond acceptors (Lipinski definition) is 1. The molecule has 0 unspecified atom stereocenters. The van der Waals surface area contributed by atoms with Crippen LogP contribution < -0.4 is 4.90 Å². The molecule has 0 amide bonds. The fourth-order valence-electron chi connectivity index (χ4n) is 3.97. The molecule has 0 aromatic heterocycles. The third kappa shape index (κ3) is 3.99. The highest BCUT2D eigenvalue weighted by molar-refractivity contribution is 5.90. The van der Waals surface area contributed by atoms with Crippen LogP contribution in [0.25, 0.3) is 22.3 Å². The maximum atomic E-state index is 2.33. The Morgan fingerprint density at radius 2 is 0.806 bits per heavy atom. The molecule has 148 valence electrons. The van der Waals surface area contributed by atoms with Crippen molar-refractivity contribution in [1.82, 2.24) is 0 Å². The topological polar surface area (TPSA) is 3.24 Å². The quantitative estimate of drug-likeness (QED) is 0.287. The summed E-state index contributed by atoms with van der Waals surface area (Å²) in [4.78, 5) is 2.33. The second kappa shape index (κ2) is 8.73. The van der Waals surface area contributed by atoms with Crippen LogP contribution in [0.3, 0.4) is 0 Å². The van der Waals surface area contributed by atoms with Gasteiger partial charge in [-0.3, -0.25) is 0 Å². The summed E-state index contributed by atoms with van der Waals surface area (Å²) in [6.07, 6.45) is 0. The molecule has 1 heteroatoms. The van der Waals surface area contributed by atoms with Crippen LogP contribution in [0, 0.1) is 0 Å². The number of benzene rings is 5. The van der Waals surface area contributed by atoms with Crippen molar-refractivity contribution in [2.75, 3.05) is 4.90 Å². The predicted molar refractivity (Wildman–Crippen MR) is 132 cm³/mol. The molecular weight excluding hydrogens is 374 g/mol. The number of rotatable bonds is 5. The van der Waals surface area contributed by atoms with E-state index in [1.807, 2.05) is 0 Å². The number of anilines is 3. The Hall–Kier alpha value is -4.10. The van der Waals surface area contributed by atoms with Gasteiger partial charge in [-0.1, -0.05) is 103 Å². The summed E-state index contributed by atoms with van der Waals surface area (Å²) in [5.74, 6) is 0. The van der Waals surface area contributed by atoms with E-state index in [1.165, 1.54) is 22.3 Å². The lowest BCUT2D eigenvalue weighted by atomic mass is 9.96. The Labute approximate surface area is 183 Å². The van der Waals surface area contributed by atoms with E-state index in [2.05, 4.69) is 144 Å². The zero-order chi connectivity index (χ0) is 20.9. The van der Waals surface area contributed by atoms with Gasteiger partial charge < -0.3 is 4.90 Å². The van der Waals surface area contributed by atoms with Gasteiger partial charge in [0.25, 0.3) is 0 Å². The molecule has 0 radical (unpaired) electrons. The fourth-order valence-corrected chi connectivity index (χ4v) is 3.97. The highest BCUT2D eigenvalue weighted by Gasteiger charge is 2.17. The smallest absolute Gasteiger partial charge is 0.0540 e. The molecule has 0 fully saturated rings. The Morgan fingerprint density at radius 3 is 1.32 bits per heavy atom. The third-order valence-electron chi connectivity index (χ3n) is 5.46. The minimum atomic E-state index is 1.14. The maximum Gasteiger partial charge on any atom is 0.0540 e. The molecule has 0 aliphatic heterocycles. The molecule has 0 heterocycles. The molecule has 0 spiro atoms. The van der Waals surface area contributed by atoms with E-state index in [9.17, 15) is 0 Å². The first kappa shape index (κ1) is 18.9. The van der Waals surface area contributed by atoms with Gasteiger partial charge in [0.1, 0.15) is 0 Å². The summed E-state index contributed by atoms with van der Waals surface area (Å²) in [5.41, 5.74) is 8.27. The number of nitrogens with zero attached hydrogens (tertiary/aromatic N) is 1. The van der Waals surface area contributed by atoms with Crippen molar-refractivity contribution in [2.45, 2.75) is 0 Å². The van der Waals surface area contributed by atoms with Crippen LogP contribution in [0.2, 0.25) is 0 Å². The standard InChI is InChI=1S/C30H23N/c1-5-13-24(14-6-1)26-21-22-30(29(23-26)25-15-7-2-8-16-25)31(27-17-9-3-10-18-27)28-19-11-4-12-20-28/h1-23H. The Balaban J connectivity index is 1.75. The highest BCUT2D eigenvalue weighted by Crippen LogP contribution is 2.42. The first-order valence-corrected chi connectivity index (χ1v) is 10.6.